The van der Waals surface area contributed by atoms with Gasteiger partial charge in [0.25, 0.3) is 0 Å². The van der Waals surface area contributed by atoms with Gasteiger partial charge in [-0.3, -0.25) is 0 Å². The molecule has 0 aromatic heterocycles. The molecule has 0 spiro atoms. The van der Waals surface area contributed by atoms with Gasteiger partial charge < -0.3 is 10.6 Å². The minimum absolute atomic E-state index is 0.320. The lowest BCUT2D eigenvalue weighted by atomic mass is 10.1. The van der Waals surface area contributed by atoms with Crippen molar-refractivity contribution in [1.82, 2.24) is 0 Å². The zero-order valence-electron chi connectivity index (χ0n) is 12.3. The molecule has 3 aromatic rings. The number of hydrogen-bond donors (Lipinski definition) is 2. The minimum atomic E-state index is -2.23. The van der Waals surface area contributed by atoms with Gasteiger partial charge in [0.05, 0.1) is 0 Å². The fourth-order valence-corrected chi connectivity index (χ4v) is 2.53. The quantitative estimate of drug-likeness (QED) is 0.276. The van der Waals surface area contributed by atoms with Crippen molar-refractivity contribution in [3.05, 3.63) is 71.6 Å². The maximum atomic E-state index is 13.7. The van der Waals surface area contributed by atoms with Gasteiger partial charge >= 0.3 is 0 Å². The predicted octanol–water partition coefficient (Wildman–Crippen LogP) is 5.34. The van der Waals surface area contributed by atoms with E-state index >= 15 is 0 Å². The summed E-state index contributed by atoms with van der Waals surface area (Å²) >= 11 is 4.93. The van der Waals surface area contributed by atoms with Gasteiger partial charge in [0, 0.05) is 11.1 Å². The Hall–Kier alpha value is -2.74. The van der Waals surface area contributed by atoms with Gasteiger partial charge in [0.15, 0.2) is 28.4 Å². The second-order valence-corrected chi connectivity index (χ2v) is 5.46. The number of anilines is 2. The number of benzene rings is 3. The number of thiocarbonyl (C=S) groups is 1. The average molecular weight is 368 g/mol. The average Bonchev–Trinajstić information content (AvgIpc) is 2.62. The van der Waals surface area contributed by atoms with Crippen LogP contribution in [0.1, 0.15) is 0 Å². The number of fused-ring (bicyclic) bond motifs is 1. The van der Waals surface area contributed by atoms with E-state index in [4.69, 9.17) is 12.2 Å². The lowest BCUT2D eigenvalue weighted by Gasteiger charge is -2.14. The van der Waals surface area contributed by atoms with Crippen LogP contribution in [0.3, 0.4) is 0 Å². The van der Waals surface area contributed by atoms with E-state index in [1.807, 2.05) is 23.5 Å². The van der Waals surface area contributed by atoms with Crippen LogP contribution in [-0.4, -0.2) is 5.11 Å². The molecule has 128 valence electrons. The highest BCUT2D eigenvalue weighted by Gasteiger charge is 2.26. The fourth-order valence-electron chi connectivity index (χ4n) is 2.32. The Morgan fingerprint density at radius 1 is 0.680 bits per heavy atom. The summed E-state index contributed by atoms with van der Waals surface area (Å²) in [5.74, 6) is -10.3. The molecule has 0 saturated heterocycles. The number of nitrogens with one attached hydrogen (secondary N) is 2. The summed E-state index contributed by atoms with van der Waals surface area (Å²) in [6, 6.07) is 12.5. The monoisotopic (exact) mass is 368 g/mol. The van der Waals surface area contributed by atoms with Crippen LogP contribution in [0.2, 0.25) is 0 Å². The van der Waals surface area contributed by atoms with Gasteiger partial charge in [-0.2, -0.15) is 0 Å². The molecule has 3 rings (SSSR count). The third-order valence-corrected chi connectivity index (χ3v) is 3.69. The SMILES string of the molecule is Fc1c(F)c(F)c(NC(=S)Nc2cccc3ccccc23)c(F)c1F. The molecule has 8 heteroatoms. The van der Waals surface area contributed by atoms with E-state index in [2.05, 4.69) is 5.32 Å². The molecule has 2 nitrogen and oxygen atoms in total. The van der Waals surface area contributed by atoms with E-state index in [-0.39, 0.29) is 5.11 Å². The molecule has 0 unspecified atom stereocenters. The predicted molar refractivity (Wildman–Crippen MR) is 90.0 cm³/mol. The van der Waals surface area contributed by atoms with Gasteiger partial charge in [0.1, 0.15) is 5.69 Å². The standard InChI is InChI=1S/C17H9F5N2S/c18-11-12(19)14(21)16(15(22)13(11)20)24-17(25)23-10-7-3-5-8-4-1-2-6-9(8)10/h1-7H,(H2,23,24,25). The summed E-state index contributed by atoms with van der Waals surface area (Å²) in [6.07, 6.45) is 0. The van der Waals surface area contributed by atoms with Crippen molar-refractivity contribution in [3.63, 3.8) is 0 Å². The van der Waals surface area contributed by atoms with Crippen molar-refractivity contribution >= 4 is 39.5 Å². The molecule has 0 aliphatic rings. The van der Waals surface area contributed by atoms with Crippen LogP contribution in [-0.2, 0) is 0 Å². The van der Waals surface area contributed by atoms with Crippen molar-refractivity contribution in [2.24, 2.45) is 0 Å². The third kappa shape index (κ3) is 3.12. The highest BCUT2D eigenvalue weighted by Crippen LogP contribution is 2.28. The highest BCUT2D eigenvalue weighted by atomic mass is 32.1. The zero-order valence-corrected chi connectivity index (χ0v) is 13.2. The highest BCUT2D eigenvalue weighted by molar-refractivity contribution is 7.80. The maximum Gasteiger partial charge on any atom is 0.200 e. The Labute approximate surface area is 144 Å². The van der Waals surface area contributed by atoms with E-state index in [9.17, 15) is 22.0 Å². The van der Waals surface area contributed by atoms with Crippen LogP contribution in [0.5, 0.6) is 0 Å². The molecule has 0 heterocycles. The molecule has 0 atom stereocenters. The lowest BCUT2D eigenvalue weighted by molar-refractivity contribution is 0.382. The van der Waals surface area contributed by atoms with Crippen LogP contribution in [0, 0.1) is 29.1 Å². The molecule has 2 N–H and O–H groups in total. The molecular weight excluding hydrogens is 359 g/mol. The fraction of sp³-hybridized carbons (Fsp3) is 0. The summed E-state index contributed by atoms with van der Waals surface area (Å²) in [4.78, 5) is 0. The summed E-state index contributed by atoms with van der Waals surface area (Å²) in [5.41, 5.74) is -0.700. The molecule has 0 amide bonds. The summed E-state index contributed by atoms with van der Waals surface area (Å²) < 4.78 is 66.9. The summed E-state index contributed by atoms with van der Waals surface area (Å²) in [6.45, 7) is 0. The Bertz CT molecular complexity index is 956. The first kappa shape index (κ1) is 17.1. The molecule has 0 aliphatic heterocycles. The minimum Gasteiger partial charge on any atom is -0.332 e. The smallest absolute Gasteiger partial charge is 0.200 e. The first-order valence-corrected chi connectivity index (χ1v) is 7.38. The van der Waals surface area contributed by atoms with Crippen molar-refractivity contribution < 1.29 is 22.0 Å². The van der Waals surface area contributed by atoms with Gasteiger partial charge in [-0.1, -0.05) is 36.4 Å². The van der Waals surface area contributed by atoms with Gasteiger partial charge in [-0.05, 0) is 23.7 Å². The van der Waals surface area contributed by atoms with Crippen molar-refractivity contribution in [1.29, 1.82) is 0 Å². The van der Waals surface area contributed by atoms with Gasteiger partial charge in [-0.25, -0.2) is 22.0 Å². The van der Waals surface area contributed by atoms with E-state index in [1.165, 1.54) is 0 Å². The van der Waals surface area contributed by atoms with E-state index < -0.39 is 34.8 Å². The maximum absolute atomic E-state index is 13.7. The summed E-state index contributed by atoms with van der Waals surface area (Å²) in [7, 11) is 0. The van der Waals surface area contributed by atoms with Crippen LogP contribution >= 0.6 is 12.2 Å². The first-order chi connectivity index (χ1) is 11.9. The first-order valence-electron chi connectivity index (χ1n) is 6.97. The number of hydrogen-bond acceptors (Lipinski definition) is 1. The van der Waals surface area contributed by atoms with Crippen LogP contribution < -0.4 is 10.6 Å². The topological polar surface area (TPSA) is 24.1 Å². The molecule has 0 aliphatic carbocycles. The second-order valence-electron chi connectivity index (χ2n) is 5.05. The lowest BCUT2D eigenvalue weighted by Crippen LogP contribution is -2.22. The van der Waals surface area contributed by atoms with Crippen molar-refractivity contribution in [2.75, 3.05) is 10.6 Å². The van der Waals surface area contributed by atoms with Crippen LogP contribution in [0.15, 0.2) is 42.5 Å². The molecule has 0 bridgehead atoms. The number of rotatable bonds is 2. The van der Waals surface area contributed by atoms with Crippen molar-refractivity contribution in [2.45, 2.75) is 0 Å². The zero-order chi connectivity index (χ0) is 18.1. The van der Waals surface area contributed by atoms with E-state index in [1.54, 1.807) is 24.3 Å². The largest absolute Gasteiger partial charge is 0.332 e. The van der Waals surface area contributed by atoms with Crippen molar-refractivity contribution in [3.8, 4) is 0 Å². The van der Waals surface area contributed by atoms with Crippen LogP contribution in [0.25, 0.3) is 10.8 Å². The molecule has 0 radical (unpaired) electrons. The Morgan fingerprint density at radius 3 is 1.92 bits per heavy atom. The molecule has 0 fully saturated rings. The third-order valence-electron chi connectivity index (χ3n) is 3.49. The Morgan fingerprint density at radius 2 is 1.24 bits per heavy atom. The molecule has 25 heavy (non-hydrogen) atoms. The van der Waals surface area contributed by atoms with Crippen LogP contribution in [0.4, 0.5) is 33.3 Å². The molecule has 3 aromatic carbocycles. The Balaban J connectivity index is 1.91. The van der Waals surface area contributed by atoms with E-state index in [0.717, 1.165) is 10.8 Å². The molecule has 0 saturated carbocycles. The normalized spacial score (nSPS) is 10.8. The Kier molecular flexibility index (Phi) is 4.54. The van der Waals surface area contributed by atoms with Gasteiger partial charge in [-0.15, -0.1) is 0 Å². The second kappa shape index (κ2) is 6.64. The number of halogens is 5. The van der Waals surface area contributed by atoms with E-state index in [0.29, 0.717) is 5.69 Å². The molecular formula is C17H9F5N2S. The summed E-state index contributed by atoms with van der Waals surface area (Å²) in [5, 5.41) is 6.05. The van der Waals surface area contributed by atoms with Gasteiger partial charge in [0.2, 0.25) is 5.82 Å².